The molecule has 1 aromatic rings. The van der Waals surface area contributed by atoms with E-state index in [4.69, 9.17) is 4.74 Å². The van der Waals surface area contributed by atoms with Crippen LogP contribution in [0.15, 0.2) is 29.2 Å². The Labute approximate surface area is 142 Å². The molecular formula is C16H23N3O4S. The van der Waals surface area contributed by atoms with Crippen LogP contribution >= 0.6 is 0 Å². The number of nitrogens with zero attached hydrogens (tertiary/aromatic N) is 2. The molecule has 132 valence electrons. The van der Waals surface area contributed by atoms with Gasteiger partial charge in [-0.3, -0.25) is 4.79 Å². The van der Waals surface area contributed by atoms with Crippen LogP contribution in [0.2, 0.25) is 0 Å². The van der Waals surface area contributed by atoms with Crippen molar-refractivity contribution in [3.63, 3.8) is 0 Å². The minimum absolute atomic E-state index is 0.0404. The van der Waals surface area contributed by atoms with Gasteiger partial charge < -0.3 is 15.0 Å². The van der Waals surface area contributed by atoms with E-state index in [0.717, 1.165) is 19.4 Å². The number of carbonyl (C=O) groups is 1. The highest BCUT2D eigenvalue weighted by Crippen LogP contribution is 2.25. The zero-order valence-corrected chi connectivity index (χ0v) is 14.6. The molecule has 2 fully saturated rings. The van der Waals surface area contributed by atoms with Crippen LogP contribution in [-0.4, -0.2) is 69.4 Å². The molecule has 0 bridgehead atoms. The minimum atomic E-state index is -3.55. The lowest BCUT2D eigenvalue weighted by molar-refractivity contribution is -0.135. The monoisotopic (exact) mass is 353 g/mol. The second-order valence-electron chi connectivity index (χ2n) is 6.10. The number of amides is 1. The van der Waals surface area contributed by atoms with Crippen LogP contribution in [0, 0.1) is 0 Å². The van der Waals surface area contributed by atoms with Crippen LogP contribution in [0.3, 0.4) is 0 Å². The van der Waals surface area contributed by atoms with E-state index in [9.17, 15) is 13.2 Å². The highest BCUT2D eigenvalue weighted by atomic mass is 32.2. The van der Waals surface area contributed by atoms with Crippen LogP contribution in [0.5, 0.6) is 5.75 Å². The quantitative estimate of drug-likeness (QED) is 0.841. The van der Waals surface area contributed by atoms with Crippen molar-refractivity contribution in [3.8, 4) is 5.75 Å². The summed E-state index contributed by atoms with van der Waals surface area (Å²) in [6.45, 7) is 2.58. The van der Waals surface area contributed by atoms with Gasteiger partial charge in [0.1, 0.15) is 5.75 Å². The maximum absolute atomic E-state index is 12.9. The SMILES string of the molecule is COc1ccc(S(=O)(=O)N2CCCC(N3CCNCC3=O)C2)cc1. The fourth-order valence-corrected chi connectivity index (χ4v) is 4.81. The van der Waals surface area contributed by atoms with Crippen molar-refractivity contribution in [2.24, 2.45) is 0 Å². The van der Waals surface area contributed by atoms with Crippen LogP contribution < -0.4 is 10.1 Å². The molecule has 0 aliphatic carbocycles. The number of methoxy groups -OCH3 is 1. The fourth-order valence-electron chi connectivity index (χ4n) is 3.30. The molecule has 2 aliphatic rings. The number of nitrogens with one attached hydrogen (secondary N) is 1. The standard InChI is InChI=1S/C16H23N3O4S/c1-23-14-4-6-15(7-5-14)24(21,22)18-9-2-3-13(12-18)19-10-8-17-11-16(19)20/h4-7,13,17H,2-3,8-12H2,1H3. The summed E-state index contributed by atoms with van der Waals surface area (Å²) in [5.41, 5.74) is 0. The summed E-state index contributed by atoms with van der Waals surface area (Å²) in [6, 6.07) is 6.38. The molecule has 3 rings (SSSR count). The molecule has 2 aliphatic heterocycles. The minimum Gasteiger partial charge on any atom is -0.497 e. The van der Waals surface area contributed by atoms with Crippen LogP contribution in [-0.2, 0) is 14.8 Å². The number of ether oxygens (including phenoxy) is 1. The lowest BCUT2D eigenvalue weighted by Gasteiger charge is -2.40. The average Bonchev–Trinajstić information content (AvgIpc) is 2.62. The van der Waals surface area contributed by atoms with Gasteiger partial charge in [0.15, 0.2) is 0 Å². The molecule has 0 aromatic heterocycles. The summed E-state index contributed by atoms with van der Waals surface area (Å²) in [7, 11) is -2.01. The number of carbonyl (C=O) groups excluding carboxylic acids is 1. The maximum atomic E-state index is 12.9. The van der Waals surface area contributed by atoms with Crippen LogP contribution in [0.25, 0.3) is 0 Å². The number of benzene rings is 1. The Kier molecular flexibility index (Phi) is 5.07. The molecule has 7 nitrogen and oxygen atoms in total. The van der Waals surface area contributed by atoms with Crippen LogP contribution in [0.1, 0.15) is 12.8 Å². The first-order valence-corrected chi connectivity index (χ1v) is 9.61. The van der Waals surface area contributed by atoms with Gasteiger partial charge in [-0.1, -0.05) is 0 Å². The van der Waals surface area contributed by atoms with Gasteiger partial charge in [0.05, 0.1) is 18.6 Å². The number of hydrogen-bond acceptors (Lipinski definition) is 5. The van der Waals surface area contributed by atoms with Gasteiger partial charge in [-0.2, -0.15) is 4.31 Å². The molecule has 1 amide bonds. The van der Waals surface area contributed by atoms with Crippen molar-refractivity contribution >= 4 is 15.9 Å². The smallest absolute Gasteiger partial charge is 0.243 e. The van der Waals surface area contributed by atoms with E-state index in [2.05, 4.69) is 5.32 Å². The van der Waals surface area contributed by atoms with E-state index < -0.39 is 10.0 Å². The molecule has 1 aromatic carbocycles. The number of piperidine rings is 1. The van der Waals surface area contributed by atoms with E-state index in [-0.39, 0.29) is 16.8 Å². The molecule has 1 unspecified atom stereocenters. The Hall–Kier alpha value is -1.64. The predicted octanol–water partition coefficient (Wildman–Crippen LogP) is 0.280. The first-order chi connectivity index (χ1) is 11.5. The third-order valence-corrected chi connectivity index (χ3v) is 6.50. The van der Waals surface area contributed by atoms with E-state index in [1.54, 1.807) is 31.4 Å². The van der Waals surface area contributed by atoms with Crippen molar-refractivity contribution in [2.45, 2.75) is 23.8 Å². The topological polar surface area (TPSA) is 79.0 Å². The molecule has 0 saturated carbocycles. The van der Waals surface area contributed by atoms with Crippen molar-refractivity contribution < 1.29 is 17.9 Å². The molecule has 2 heterocycles. The van der Waals surface area contributed by atoms with Gasteiger partial charge in [-0.25, -0.2) is 8.42 Å². The van der Waals surface area contributed by atoms with E-state index in [0.29, 0.717) is 31.9 Å². The number of sulfonamides is 1. The zero-order chi connectivity index (χ0) is 17.2. The van der Waals surface area contributed by atoms with Gasteiger partial charge in [0.25, 0.3) is 0 Å². The first-order valence-electron chi connectivity index (χ1n) is 8.17. The van der Waals surface area contributed by atoms with Crippen LogP contribution in [0.4, 0.5) is 0 Å². The Morgan fingerprint density at radius 3 is 2.62 bits per heavy atom. The summed E-state index contributed by atoms with van der Waals surface area (Å²) < 4.78 is 32.3. The summed E-state index contributed by atoms with van der Waals surface area (Å²) in [5, 5.41) is 3.05. The summed E-state index contributed by atoms with van der Waals surface area (Å²) >= 11 is 0. The number of piperazine rings is 1. The highest BCUT2D eigenvalue weighted by Gasteiger charge is 2.35. The van der Waals surface area contributed by atoms with Gasteiger partial charge in [0.2, 0.25) is 15.9 Å². The van der Waals surface area contributed by atoms with Crippen molar-refractivity contribution in [2.75, 3.05) is 39.8 Å². The summed E-state index contributed by atoms with van der Waals surface area (Å²) in [6.07, 6.45) is 1.61. The van der Waals surface area contributed by atoms with Crippen molar-refractivity contribution in [1.82, 2.24) is 14.5 Å². The average molecular weight is 353 g/mol. The zero-order valence-electron chi connectivity index (χ0n) is 13.8. The largest absolute Gasteiger partial charge is 0.497 e. The summed E-state index contributed by atoms with van der Waals surface area (Å²) in [5.74, 6) is 0.673. The predicted molar refractivity (Wildman–Crippen MR) is 89.4 cm³/mol. The lowest BCUT2D eigenvalue weighted by Crippen LogP contribution is -2.57. The van der Waals surface area contributed by atoms with Gasteiger partial charge in [-0.05, 0) is 37.1 Å². The third kappa shape index (κ3) is 3.40. The molecule has 0 spiro atoms. The van der Waals surface area contributed by atoms with E-state index in [1.807, 2.05) is 4.90 Å². The van der Waals surface area contributed by atoms with E-state index >= 15 is 0 Å². The van der Waals surface area contributed by atoms with Gasteiger partial charge in [-0.15, -0.1) is 0 Å². The van der Waals surface area contributed by atoms with E-state index in [1.165, 1.54) is 4.31 Å². The molecule has 8 heteroatoms. The second-order valence-corrected chi connectivity index (χ2v) is 8.04. The third-order valence-electron chi connectivity index (χ3n) is 4.62. The molecule has 1 atom stereocenters. The molecule has 24 heavy (non-hydrogen) atoms. The Morgan fingerprint density at radius 1 is 1.21 bits per heavy atom. The van der Waals surface area contributed by atoms with Crippen molar-refractivity contribution in [1.29, 1.82) is 0 Å². The Bertz CT molecular complexity index is 690. The highest BCUT2D eigenvalue weighted by molar-refractivity contribution is 7.89. The normalized spacial score (nSPS) is 23.3. The second kappa shape index (κ2) is 7.08. The molecule has 2 saturated heterocycles. The molecular weight excluding hydrogens is 330 g/mol. The number of rotatable bonds is 4. The molecule has 1 N–H and O–H groups in total. The number of hydrogen-bond donors (Lipinski definition) is 1. The fraction of sp³-hybridized carbons (Fsp3) is 0.562. The Balaban J connectivity index is 1.76. The Morgan fingerprint density at radius 2 is 1.96 bits per heavy atom. The van der Waals surface area contributed by atoms with Crippen molar-refractivity contribution in [3.05, 3.63) is 24.3 Å². The van der Waals surface area contributed by atoms with Gasteiger partial charge >= 0.3 is 0 Å². The summed E-state index contributed by atoms with van der Waals surface area (Å²) in [4.78, 5) is 14.2. The molecule has 0 radical (unpaired) electrons. The van der Waals surface area contributed by atoms with Gasteiger partial charge in [0, 0.05) is 32.2 Å². The lowest BCUT2D eigenvalue weighted by atomic mass is 10.1. The maximum Gasteiger partial charge on any atom is 0.243 e. The first kappa shape index (κ1) is 17.2.